The van der Waals surface area contributed by atoms with Gasteiger partial charge >= 0.3 is 0 Å². The zero-order chi connectivity index (χ0) is 11.8. The highest BCUT2D eigenvalue weighted by atomic mass is 16.5. The van der Waals surface area contributed by atoms with Crippen LogP contribution in [-0.4, -0.2) is 25.4 Å². The Bertz CT molecular complexity index is 360. The number of aliphatic hydroxyl groups is 1. The van der Waals surface area contributed by atoms with E-state index in [2.05, 4.69) is 0 Å². The van der Waals surface area contributed by atoms with Crippen LogP contribution in [0.3, 0.4) is 0 Å². The molecule has 1 aromatic rings. The van der Waals surface area contributed by atoms with Crippen molar-refractivity contribution in [2.24, 2.45) is 0 Å². The summed E-state index contributed by atoms with van der Waals surface area (Å²) in [6.45, 7) is 0.578. The van der Waals surface area contributed by atoms with E-state index in [0.29, 0.717) is 6.61 Å². The van der Waals surface area contributed by atoms with Gasteiger partial charge in [-0.05, 0) is 17.2 Å². The molecule has 0 spiro atoms. The van der Waals surface area contributed by atoms with Gasteiger partial charge in [0.15, 0.2) is 6.10 Å². The molecule has 0 aliphatic heterocycles. The highest BCUT2D eigenvalue weighted by Crippen LogP contribution is 2.18. The molecule has 1 rings (SSSR count). The van der Waals surface area contributed by atoms with Crippen LogP contribution in [-0.2, 0) is 16.1 Å². The average Bonchev–Trinajstić information content (AvgIpc) is 2.31. The first-order valence-electron chi connectivity index (χ1n) is 5.01. The van der Waals surface area contributed by atoms with Crippen molar-refractivity contribution in [2.75, 3.05) is 20.3 Å². The summed E-state index contributed by atoms with van der Waals surface area (Å²) in [7, 11) is 1.62. The van der Waals surface area contributed by atoms with E-state index in [0.717, 1.165) is 11.1 Å². The van der Waals surface area contributed by atoms with Crippen LogP contribution in [0.4, 0.5) is 0 Å². The smallest absolute Gasteiger partial charge is 0.169 e. The van der Waals surface area contributed by atoms with Crippen LogP contribution in [0, 0.1) is 11.3 Å². The van der Waals surface area contributed by atoms with E-state index in [1.54, 1.807) is 7.11 Å². The normalized spacial score (nSPS) is 12.1. The van der Waals surface area contributed by atoms with Gasteiger partial charge in [0, 0.05) is 7.11 Å². The van der Waals surface area contributed by atoms with Crippen molar-refractivity contribution < 1.29 is 14.6 Å². The summed E-state index contributed by atoms with van der Waals surface area (Å²) < 4.78 is 10.2. The third kappa shape index (κ3) is 3.63. The zero-order valence-electron chi connectivity index (χ0n) is 9.22. The molecule has 4 nitrogen and oxygen atoms in total. The van der Waals surface area contributed by atoms with Crippen molar-refractivity contribution in [3.63, 3.8) is 0 Å². The van der Waals surface area contributed by atoms with Crippen LogP contribution in [0.2, 0.25) is 0 Å². The number of hydrogen-bond acceptors (Lipinski definition) is 4. The molecule has 0 bridgehead atoms. The lowest BCUT2D eigenvalue weighted by atomic mass is 10.1. The Hall–Kier alpha value is -1.41. The largest absolute Gasteiger partial charge is 0.394 e. The molecule has 0 amide bonds. The maximum Gasteiger partial charge on any atom is 0.169 e. The minimum absolute atomic E-state index is 0.0874. The fraction of sp³-hybridized carbons (Fsp3) is 0.417. The third-order valence-corrected chi connectivity index (χ3v) is 2.06. The Labute approximate surface area is 95.0 Å². The minimum Gasteiger partial charge on any atom is -0.394 e. The van der Waals surface area contributed by atoms with Crippen molar-refractivity contribution in [3.8, 4) is 6.07 Å². The summed E-state index contributed by atoms with van der Waals surface area (Å²) >= 11 is 0. The van der Waals surface area contributed by atoms with E-state index in [4.69, 9.17) is 19.8 Å². The van der Waals surface area contributed by atoms with Crippen LogP contribution >= 0.6 is 0 Å². The van der Waals surface area contributed by atoms with Crippen LogP contribution in [0.1, 0.15) is 17.2 Å². The maximum atomic E-state index is 8.94. The second-order valence-corrected chi connectivity index (χ2v) is 3.28. The van der Waals surface area contributed by atoms with Crippen LogP contribution in [0.15, 0.2) is 24.3 Å². The molecule has 4 heteroatoms. The molecule has 1 atom stereocenters. The summed E-state index contributed by atoms with van der Waals surface area (Å²) in [5, 5.41) is 17.6. The van der Waals surface area contributed by atoms with Gasteiger partial charge in [0.05, 0.1) is 25.9 Å². The van der Waals surface area contributed by atoms with Gasteiger partial charge in [-0.1, -0.05) is 18.2 Å². The standard InChI is InChI=1S/C12H15NO3/c1-15-9-10-3-2-4-11(7-10)12(8-13)16-6-5-14/h2-4,7,12,14H,5-6,9H2,1H3. The van der Waals surface area contributed by atoms with Gasteiger partial charge in [-0.15, -0.1) is 0 Å². The van der Waals surface area contributed by atoms with Crippen LogP contribution in [0.5, 0.6) is 0 Å². The summed E-state index contributed by atoms with van der Waals surface area (Å²) in [5.74, 6) is 0. The third-order valence-electron chi connectivity index (χ3n) is 2.06. The fourth-order valence-corrected chi connectivity index (χ4v) is 1.39. The Morgan fingerprint density at radius 3 is 2.94 bits per heavy atom. The molecule has 0 aromatic heterocycles. The summed E-state index contributed by atoms with van der Waals surface area (Å²) in [5.41, 5.74) is 1.78. The first-order chi connectivity index (χ1) is 7.81. The molecule has 0 heterocycles. The monoisotopic (exact) mass is 221 g/mol. The van der Waals surface area contributed by atoms with E-state index >= 15 is 0 Å². The van der Waals surface area contributed by atoms with Gasteiger partial charge in [0.2, 0.25) is 0 Å². The van der Waals surface area contributed by atoms with E-state index in [1.807, 2.05) is 30.3 Å². The second kappa shape index (κ2) is 6.96. The summed E-state index contributed by atoms with van der Waals surface area (Å²) in [4.78, 5) is 0. The number of rotatable bonds is 6. The molecule has 1 aromatic carbocycles. The van der Waals surface area contributed by atoms with Crippen molar-refractivity contribution in [1.29, 1.82) is 5.26 Å². The number of hydrogen-bond donors (Lipinski definition) is 1. The molecular weight excluding hydrogens is 206 g/mol. The van der Waals surface area contributed by atoms with Crippen molar-refractivity contribution >= 4 is 0 Å². The van der Waals surface area contributed by atoms with Gasteiger partial charge < -0.3 is 14.6 Å². The molecule has 0 aliphatic carbocycles. The predicted octanol–water partition coefficient (Wildman–Crippen LogP) is 1.41. The molecule has 0 radical (unpaired) electrons. The van der Waals surface area contributed by atoms with E-state index in [1.165, 1.54) is 0 Å². The topological polar surface area (TPSA) is 62.5 Å². The molecule has 86 valence electrons. The zero-order valence-corrected chi connectivity index (χ0v) is 9.22. The number of nitriles is 1. The van der Waals surface area contributed by atoms with Gasteiger partial charge in [-0.3, -0.25) is 0 Å². The molecule has 1 N–H and O–H groups in total. The van der Waals surface area contributed by atoms with Crippen molar-refractivity contribution in [1.82, 2.24) is 0 Å². The second-order valence-electron chi connectivity index (χ2n) is 3.28. The highest BCUT2D eigenvalue weighted by molar-refractivity contribution is 5.27. The minimum atomic E-state index is -0.635. The van der Waals surface area contributed by atoms with Crippen molar-refractivity contribution in [2.45, 2.75) is 12.7 Å². The fourth-order valence-electron chi connectivity index (χ4n) is 1.39. The quantitative estimate of drug-likeness (QED) is 0.788. The van der Waals surface area contributed by atoms with Gasteiger partial charge in [0.1, 0.15) is 0 Å². The average molecular weight is 221 g/mol. The molecule has 16 heavy (non-hydrogen) atoms. The van der Waals surface area contributed by atoms with Gasteiger partial charge in [-0.25, -0.2) is 0 Å². The molecule has 0 saturated heterocycles. The lowest BCUT2D eigenvalue weighted by Gasteiger charge is -2.11. The Morgan fingerprint density at radius 2 is 2.31 bits per heavy atom. The number of benzene rings is 1. The Balaban J connectivity index is 2.76. The predicted molar refractivity (Wildman–Crippen MR) is 58.5 cm³/mol. The van der Waals surface area contributed by atoms with Crippen molar-refractivity contribution in [3.05, 3.63) is 35.4 Å². The molecule has 0 fully saturated rings. The Morgan fingerprint density at radius 1 is 1.50 bits per heavy atom. The van der Waals surface area contributed by atoms with Gasteiger partial charge in [0.25, 0.3) is 0 Å². The molecular formula is C12H15NO3. The van der Waals surface area contributed by atoms with E-state index < -0.39 is 6.10 Å². The van der Waals surface area contributed by atoms with Crippen LogP contribution < -0.4 is 0 Å². The van der Waals surface area contributed by atoms with Gasteiger partial charge in [-0.2, -0.15) is 5.26 Å². The number of nitrogens with zero attached hydrogens (tertiary/aromatic N) is 1. The lowest BCUT2D eigenvalue weighted by molar-refractivity contribution is 0.0580. The van der Waals surface area contributed by atoms with E-state index in [-0.39, 0.29) is 13.2 Å². The molecule has 1 unspecified atom stereocenters. The molecule has 0 aliphatic rings. The summed E-state index contributed by atoms with van der Waals surface area (Å²) in [6, 6.07) is 9.52. The lowest BCUT2D eigenvalue weighted by Crippen LogP contribution is -2.06. The number of ether oxygens (including phenoxy) is 2. The van der Waals surface area contributed by atoms with Crippen LogP contribution in [0.25, 0.3) is 0 Å². The van der Waals surface area contributed by atoms with E-state index in [9.17, 15) is 0 Å². The number of aliphatic hydroxyl groups excluding tert-OH is 1. The molecule has 0 saturated carbocycles. The number of methoxy groups -OCH3 is 1. The maximum absolute atomic E-state index is 8.94. The first kappa shape index (κ1) is 12.7. The highest BCUT2D eigenvalue weighted by Gasteiger charge is 2.10. The Kier molecular flexibility index (Phi) is 5.51. The SMILES string of the molecule is COCc1cccc(C(C#N)OCCO)c1. The summed E-state index contributed by atoms with van der Waals surface area (Å²) in [6.07, 6.45) is -0.635. The first-order valence-corrected chi connectivity index (χ1v) is 5.01.